The molecule has 0 radical (unpaired) electrons. The summed E-state index contributed by atoms with van der Waals surface area (Å²) in [5, 5.41) is 35.7. The molecule has 6 atom stereocenters. The number of aromatic hydroxyl groups is 1. The average molecular weight is 755 g/mol. The molecule has 0 spiro atoms. The molecule has 0 saturated carbocycles. The molecular weight excluding hydrogens is 713 g/mol. The molecule has 1 fully saturated rings. The van der Waals surface area contributed by atoms with Crippen LogP contribution < -0.4 is 40.2 Å². The first kappa shape index (κ1) is 36.8. The number of nitriles is 1. The second-order valence-corrected chi connectivity index (χ2v) is 14.1. The molecule has 14 nitrogen and oxygen atoms in total. The number of phenols is 1. The van der Waals surface area contributed by atoms with Gasteiger partial charge >= 0.3 is 6.16 Å². The van der Waals surface area contributed by atoms with Crippen LogP contribution in [0.3, 0.4) is 0 Å². The lowest BCUT2D eigenvalue weighted by molar-refractivity contribution is -0.123. The molecule has 3 aromatic carbocycles. The highest BCUT2D eigenvalue weighted by molar-refractivity contribution is 7.80. The molecule has 0 aromatic heterocycles. The minimum atomic E-state index is -0.927. The highest BCUT2D eigenvalue weighted by atomic mass is 32.1. The number of benzene rings is 3. The third-order valence-electron chi connectivity index (χ3n) is 10.5. The summed E-state index contributed by atoms with van der Waals surface area (Å²) in [5.41, 5.74) is 4.95. The maximum Gasteiger partial charge on any atom is 0.514 e. The topological polar surface area (TPSA) is 176 Å². The minimum absolute atomic E-state index is 0.0285. The Labute approximate surface area is 318 Å². The summed E-state index contributed by atoms with van der Waals surface area (Å²) in [4.78, 5) is 28.8. The summed E-state index contributed by atoms with van der Waals surface area (Å²) in [6, 6.07) is 10.6. The minimum Gasteiger partial charge on any atom is -0.504 e. The van der Waals surface area contributed by atoms with Gasteiger partial charge in [0.1, 0.15) is 24.4 Å². The predicted molar refractivity (Wildman–Crippen MR) is 202 cm³/mol. The van der Waals surface area contributed by atoms with Gasteiger partial charge in [0.2, 0.25) is 12.7 Å². The number of aryl methyl sites for hydroxylation is 1. The van der Waals surface area contributed by atoms with Gasteiger partial charge in [-0.25, -0.2) is 4.79 Å². The lowest BCUT2D eigenvalue weighted by Gasteiger charge is -2.56. The van der Waals surface area contributed by atoms with Gasteiger partial charge in [-0.3, -0.25) is 9.69 Å². The number of carbonyl (C=O) groups excluding carboxylic acids is 2. The number of piperazine rings is 1. The van der Waals surface area contributed by atoms with E-state index in [0.29, 0.717) is 45.9 Å². The number of phenolic OH excluding ortho intramolecular Hbond substituents is 1. The van der Waals surface area contributed by atoms with Crippen LogP contribution in [0.5, 0.6) is 28.7 Å². The number of amides is 1. The normalized spacial score (nSPS) is 22.2. The van der Waals surface area contributed by atoms with Gasteiger partial charge in [0, 0.05) is 46.6 Å². The number of methoxy groups -OCH3 is 1. The van der Waals surface area contributed by atoms with Crippen LogP contribution in [-0.4, -0.2) is 78.4 Å². The first-order valence-corrected chi connectivity index (χ1v) is 18.1. The van der Waals surface area contributed by atoms with Crippen LogP contribution in [-0.2, 0) is 22.4 Å². The van der Waals surface area contributed by atoms with Crippen LogP contribution in [0.25, 0.3) is 0 Å². The standard InChI is InChI=1S/C39H42N6O8S/c1-6-12-50-39(48)53-34-20(3)35-36(52-18-51-35)30-24(34)15-26-31-29-22(13-19(2)33(49-5)32(29)46)14-25(44-31)27(16-40)45(26)28(30)17-41-37(47)21(4)42-38(54)43-23-10-8-7-9-11-23/h6-11,13,21,25-28,31,44,46H,1,12,14-15,17-18H2,2-5H3,(H,41,47)(H2,42,43,54)/t21-,25+,26?,27-,28-,31+/m0/s1. The van der Waals surface area contributed by atoms with E-state index in [4.69, 9.17) is 35.9 Å². The molecule has 1 amide bonds. The van der Waals surface area contributed by atoms with Crippen molar-refractivity contribution in [2.45, 2.75) is 69.9 Å². The Morgan fingerprint density at radius 1 is 1.19 bits per heavy atom. The Morgan fingerprint density at radius 3 is 2.67 bits per heavy atom. The quantitative estimate of drug-likeness (QED) is 0.0902. The van der Waals surface area contributed by atoms with E-state index in [1.165, 1.54) is 13.2 Å². The number of hydrogen-bond donors (Lipinski definition) is 5. The van der Waals surface area contributed by atoms with Crippen LogP contribution in [0.2, 0.25) is 0 Å². The summed E-state index contributed by atoms with van der Waals surface area (Å²) in [5.74, 6) is 1.15. The molecule has 7 rings (SSSR count). The van der Waals surface area contributed by atoms with Crippen LogP contribution in [0.15, 0.2) is 49.1 Å². The Kier molecular flexibility index (Phi) is 10.3. The van der Waals surface area contributed by atoms with E-state index in [2.05, 4.69) is 38.8 Å². The van der Waals surface area contributed by atoms with Crippen LogP contribution >= 0.6 is 12.2 Å². The summed E-state index contributed by atoms with van der Waals surface area (Å²) in [6.07, 6.45) is 1.26. The van der Waals surface area contributed by atoms with Crippen LogP contribution in [0.4, 0.5) is 10.5 Å². The Balaban J connectivity index is 1.30. The second-order valence-electron chi connectivity index (χ2n) is 13.7. The molecule has 4 aliphatic rings. The highest BCUT2D eigenvalue weighted by Gasteiger charge is 2.54. The summed E-state index contributed by atoms with van der Waals surface area (Å²) >= 11 is 5.49. The zero-order chi connectivity index (χ0) is 38.3. The first-order valence-electron chi connectivity index (χ1n) is 17.7. The number of carbonyl (C=O) groups is 2. The highest BCUT2D eigenvalue weighted by Crippen LogP contribution is 2.56. The van der Waals surface area contributed by atoms with Crippen molar-refractivity contribution in [1.29, 1.82) is 5.26 Å². The van der Waals surface area contributed by atoms with E-state index in [-0.39, 0.29) is 54.9 Å². The fraction of sp³-hybridized carbons (Fsp3) is 0.385. The Hall–Kier alpha value is -5.56. The summed E-state index contributed by atoms with van der Waals surface area (Å²) < 4.78 is 28.8. The molecule has 3 aromatic rings. The van der Waals surface area contributed by atoms with E-state index >= 15 is 0 Å². The molecule has 1 unspecified atom stereocenters. The third kappa shape index (κ3) is 6.50. The fourth-order valence-corrected chi connectivity index (χ4v) is 8.59. The molecule has 5 N–H and O–H groups in total. The van der Waals surface area contributed by atoms with Crippen molar-refractivity contribution < 1.29 is 38.4 Å². The van der Waals surface area contributed by atoms with Gasteiger partial charge < -0.3 is 50.1 Å². The van der Waals surface area contributed by atoms with Crippen molar-refractivity contribution in [3.05, 3.63) is 82.4 Å². The molecule has 2 bridgehead atoms. The molecule has 1 saturated heterocycles. The number of anilines is 1. The monoisotopic (exact) mass is 754 g/mol. The van der Waals surface area contributed by atoms with E-state index in [1.54, 1.807) is 13.8 Å². The van der Waals surface area contributed by atoms with E-state index in [9.17, 15) is 20.0 Å². The Bertz CT molecular complexity index is 2050. The van der Waals surface area contributed by atoms with Crippen molar-refractivity contribution in [2.75, 3.05) is 32.4 Å². The maximum absolute atomic E-state index is 13.8. The molecular formula is C39H42N6O8S. The average Bonchev–Trinajstić information content (AvgIpc) is 3.65. The number of thiocarbonyl (C=S) groups is 1. The molecule has 15 heteroatoms. The number of nitrogens with one attached hydrogen (secondary N) is 4. The number of nitrogens with zero attached hydrogens (tertiary/aromatic N) is 2. The van der Waals surface area contributed by atoms with Gasteiger partial charge in [0.25, 0.3) is 0 Å². The molecule has 0 aliphatic carbocycles. The number of hydrogen-bond acceptors (Lipinski definition) is 12. The molecule has 4 aliphatic heterocycles. The van der Waals surface area contributed by atoms with Crippen molar-refractivity contribution in [3.63, 3.8) is 0 Å². The SMILES string of the molecule is C=CCOC(=O)Oc1c(C)c2c(c3c1CC1[C@H]4N[C@H](Cc5cc(C)c(OC)c(O)c54)[C@H](C#N)N1[C@H]3CNC(=O)[C@H](C)NC(=S)Nc1ccccc1)OCO2. The molecule has 4 heterocycles. The number of ether oxygens (including phenoxy) is 5. The van der Waals surface area contributed by atoms with Crippen molar-refractivity contribution in [2.24, 2.45) is 0 Å². The van der Waals surface area contributed by atoms with Gasteiger partial charge in [-0.1, -0.05) is 36.9 Å². The van der Waals surface area contributed by atoms with E-state index < -0.39 is 36.4 Å². The van der Waals surface area contributed by atoms with Gasteiger partial charge in [0.15, 0.2) is 28.1 Å². The van der Waals surface area contributed by atoms with Gasteiger partial charge in [-0.15, -0.1) is 0 Å². The lowest BCUT2D eigenvalue weighted by atomic mass is 9.72. The van der Waals surface area contributed by atoms with Crippen LogP contribution in [0, 0.1) is 25.2 Å². The van der Waals surface area contributed by atoms with Crippen molar-refractivity contribution in [1.82, 2.24) is 20.9 Å². The van der Waals surface area contributed by atoms with E-state index in [1.807, 2.05) is 43.3 Å². The van der Waals surface area contributed by atoms with Gasteiger partial charge in [-0.05, 0) is 69.1 Å². The summed E-state index contributed by atoms with van der Waals surface area (Å²) in [6.45, 7) is 8.88. The maximum atomic E-state index is 13.8. The number of para-hydroxylation sites is 1. The lowest BCUT2D eigenvalue weighted by Crippen LogP contribution is -2.68. The Morgan fingerprint density at radius 2 is 1.94 bits per heavy atom. The zero-order valence-electron chi connectivity index (χ0n) is 30.4. The molecule has 54 heavy (non-hydrogen) atoms. The van der Waals surface area contributed by atoms with Crippen LogP contribution in [0.1, 0.15) is 52.4 Å². The summed E-state index contributed by atoms with van der Waals surface area (Å²) in [7, 11) is 1.52. The fourth-order valence-electron chi connectivity index (χ4n) is 8.29. The van der Waals surface area contributed by atoms with Gasteiger partial charge in [-0.2, -0.15) is 5.26 Å². The van der Waals surface area contributed by atoms with E-state index in [0.717, 1.165) is 16.8 Å². The smallest absolute Gasteiger partial charge is 0.504 e. The second kappa shape index (κ2) is 15.1. The third-order valence-corrected chi connectivity index (χ3v) is 10.7. The van der Waals surface area contributed by atoms with Crippen molar-refractivity contribution >= 4 is 35.1 Å². The zero-order valence-corrected chi connectivity index (χ0v) is 31.2. The number of fused-ring (bicyclic) bond motifs is 9. The van der Waals surface area contributed by atoms with Crippen molar-refractivity contribution in [3.8, 4) is 34.8 Å². The largest absolute Gasteiger partial charge is 0.514 e. The first-order chi connectivity index (χ1) is 26.1. The molecule has 282 valence electrons. The predicted octanol–water partition coefficient (Wildman–Crippen LogP) is 4.37. The van der Waals surface area contributed by atoms with Gasteiger partial charge in [0.05, 0.1) is 25.3 Å². The number of rotatable bonds is 9.